The summed E-state index contributed by atoms with van der Waals surface area (Å²) >= 11 is 0. The Balaban J connectivity index is 3.12. The zero-order chi connectivity index (χ0) is 8.27. The first-order chi connectivity index (χ1) is 5.27. The van der Waals surface area contributed by atoms with Crippen LogP contribution in [0, 0.1) is 19.3 Å². The topological polar surface area (TPSA) is 9.23 Å². The molecule has 0 unspecified atom stereocenters. The Labute approximate surface area is 67.0 Å². The van der Waals surface area contributed by atoms with Gasteiger partial charge in [0.25, 0.3) is 0 Å². The van der Waals surface area contributed by atoms with E-state index in [2.05, 4.69) is 5.92 Å². The Morgan fingerprint density at radius 1 is 1.45 bits per heavy atom. The second-order valence-electron chi connectivity index (χ2n) is 2.33. The van der Waals surface area contributed by atoms with E-state index in [0.717, 1.165) is 16.9 Å². The minimum Gasteiger partial charge on any atom is -0.497 e. The zero-order valence-electron chi connectivity index (χ0n) is 6.72. The van der Waals surface area contributed by atoms with Crippen molar-refractivity contribution < 1.29 is 4.74 Å². The lowest BCUT2D eigenvalue weighted by Crippen LogP contribution is -1.86. The van der Waals surface area contributed by atoms with Crippen molar-refractivity contribution in [3.8, 4) is 18.1 Å². The number of ether oxygens (including phenoxy) is 1. The van der Waals surface area contributed by atoms with E-state index < -0.39 is 0 Å². The maximum absolute atomic E-state index is 5.25. The number of benzene rings is 1. The van der Waals surface area contributed by atoms with Crippen molar-refractivity contribution in [2.45, 2.75) is 6.92 Å². The summed E-state index contributed by atoms with van der Waals surface area (Å²) in [6, 6.07) is 5.67. The van der Waals surface area contributed by atoms with E-state index >= 15 is 0 Å². The maximum atomic E-state index is 5.25. The third kappa shape index (κ3) is 1.53. The molecule has 0 atom stereocenters. The molecule has 0 spiro atoms. The van der Waals surface area contributed by atoms with E-state index in [0.29, 0.717) is 0 Å². The first-order valence-corrected chi connectivity index (χ1v) is 3.39. The Morgan fingerprint density at radius 2 is 2.18 bits per heavy atom. The van der Waals surface area contributed by atoms with E-state index in [9.17, 15) is 0 Å². The SMILES string of the molecule is C#Cc1ccc(OC)cc1C. The van der Waals surface area contributed by atoms with Crippen LogP contribution in [0.2, 0.25) is 0 Å². The van der Waals surface area contributed by atoms with Crippen LogP contribution in [0.15, 0.2) is 18.2 Å². The molecule has 1 rings (SSSR count). The van der Waals surface area contributed by atoms with Crippen LogP contribution in [0.1, 0.15) is 11.1 Å². The minimum absolute atomic E-state index is 0.849. The molecule has 0 aliphatic rings. The summed E-state index contributed by atoms with van der Waals surface area (Å²) in [7, 11) is 1.64. The molecule has 0 saturated heterocycles. The molecule has 1 nitrogen and oxygen atoms in total. The van der Waals surface area contributed by atoms with Gasteiger partial charge in [0.1, 0.15) is 5.75 Å². The van der Waals surface area contributed by atoms with E-state index in [4.69, 9.17) is 11.2 Å². The van der Waals surface area contributed by atoms with Crippen LogP contribution < -0.4 is 4.74 Å². The molecular weight excluding hydrogens is 136 g/mol. The second kappa shape index (κ2) is 3.12. The average Bonchev–Trinajstić information content (AvgIpc) is 2.04. The van der Waals surface area contributed by atoms with E-state index in [1.54, 1.807) is 7.11 Å². The molecule has 56 valence electrons. The highest BCUT2D eigenvalue weighted by Gasteiger charge is 1.95. The molecule has 1 aromatic carbocycles. The molecular formula is C10H10O. The normalized spacial score (nSPS) is 8.82. The fourth-order valence-corrected chi connectivity index (χ4v) is 0.925. The maximum Gasteiger partial charge on any atom is 0.119 e. The van der Waals surface area contributed by atoms with Crippen LogP contribution in [-0.4, -0.2) is 7.11 Å². The van der Waals surface area contributed by atoms with Crippen molar-refractivity contribution in [3.05, 3.63) is 29.3 Å². The van der Waals surface area contributed by atoms with Crippen molar-refractivity contribution in [3.63, 3.8) is 0 Å². The summed E-state index contributed by atoms with van der Waals surface area (Å²) in [5.41, 5.74) is 2.00. The highest BCUT2D eigenvalue weighted by Crippen LogP contribution is 2.15. The Morgan fingerprint density at radius 3 is 2.64 bits per heavy atom. The van der Waals surface area contributed by atoms with Gasteiger partial charge in [-0.3, -0.25) is 0 Å². The number of rotatable bonds is 1. The fraction of sp³-hybridized carbons (Fsp3) is 0.200. The molecule has 11 heavy (non-hydrogen) atoms. The monoisotopic (exact) mass is 146 g/mol. The lowest BCUT2D eigenvalue weighted by atomic mass is 10.1. The molecule has 0 bridgehead atoms. The summed E-state index contributed by atoms with van der Waals surface area (Å²) in [5.74, 6) is 3.44. The Hall–Kier alpha value is -1.42. The van der Waals surface area contributed by atoms with Crippen LogP contribution in [-0.2, 0) is 0 Å². The standard InChI is InChI=1S/C10H10O/c1-4-9-5-6-10(11-3)7-8(9)2/h1,5-7H,2-3H3. The van der Waals surface area contributed by atoms with Gasteiger partial charge in [-0.05, 0) is 30.7 Å². The van der Waals surface area contributed by atoms with Gasteiger partial charge < -0.3 is 4.74 Å². The molecule has 0 aliphatic heterocycles. The summed E-state index contributed by atoms with van der Waals surface area (Å²) < 4.78 is 5.03. The van der Waals surface area contributed by atoms with Crippen molar-refractivity contribution >= 4 is 0 Å². The third-order valence-corrected chi connectivity index (χ3v) is 1.59. The van der Waals surface area contributed by atoms with Gasteiger partial charge in [-0.25, -0.2) is 0 Å². The largest absolute Gasteiger partial charge is 0.497 e. The number of hydrogen-bond acceptors (Lipinski definition) is 1. The summed E-state index contributed by atoms with van der Waals surface area (Å²) in [6.45, 7) is 1.97. The number of terminal acetylenes is 1. The van der Waals surface area contributed by atoms with E-state index in [1.807, 2.05) is 25.1 Å². The first-order valence-electron chi connectivity index (χ1n) is 3.39. The number of aryl methyl sites for hydroxylation is 1. The fourth-order valence-electron chi connectivity index (χ4n) is 0.925. The van der Waals surface area contributed by atoms with Gasteiger partial charge in [-0.2, -0.15) is 0 Å². The highest BCUT2D eigenvalue weighted by molar-refractivity contribution is 5.43. The highest BCUT2D eigenvalue weighted by atomic mass is 16.5. The Kier molecular flexibility index (Phi) is 2.18. The van der Waals surface area contributed by atoms with Crippen LogP contribution in [0.4, 0.5) is 0 Å². The summed E-state index contributed by atoms with van der Waals surface area (Å²) in [6.07, 6.45) is 5.25. The Bertz CT molecular complexity index is 294. The zero-order valence-corrected chi connectivity index (χ0v) is 6.72. The van der Waals surface area contributed by atoms with Crippen molar-refractivity contribution in [1.29, 1.82) is 0 Å². The van der Waals surface area contributed by atoms with Crippen molar-refractivity contribution in [2.75, 3.05) is 7.11 Å². The van der Waals surface area contributed by atoms with Gasteiger partial charge in [0, 0.05) is 5.56 Å². The smallest absolute Gasteiger partial charge is 0.119 e. The number of methoxy groups -OCH3 is 1. The van der Waals surface area contributed by atoms with Crippen LogP contribution >= 0.6 is 0 Å². The molecule has 0 aliphatic carbocycles. The second-order valence-corrected chi connectivity index (χ2v) is 2.33. The van der Waals surface area contributed by atoms with Crippen LogP contribution in [0.3, 0.4) is 0 Å². The summed E-state index contributed by atoms with van der Waals surface area (Å²) in [4.78, 5) is 0. The van der Waals surface area contributed by atoms with Crippen LogP contribution in [0.25, 0.3) is 0 Å². The van der Waals surface area contributed by atoms with Gasteiger partial charge in [-0.15, -0.1) is 6.42 Å². The molecule has 0 amide bonds. The van der Waals surface area contributed by atoms with Gasteiger partial charge in [0.05, 0.1) is 7.11 Å². The van der Waals surface area contributed by atoms with Gasteiger partial charge in [-0.1, -0.05) is 5.92 Å². The van der Waals surface area contributed by atoms with Crippen molar-refractivity contribution in [1.82, 2.24) is 0 Å². The van der Waals surface area contributed by atoms with E-state index in [1.165, 1.54) is 0 Å². The molecule has 0 N–H and O–H groups in total. The predicted molar refractivity (Wildman–Crippen MR) is 45.7 cm³/mol. The molecule has 0 heterocycles. The molecule has 1 aromatic rings. The molecule has 0 radical (unpaired) electrons. The first kappa shape index (κ1) is 7.68. The van der Waals surface area contributed by atoms with Crippen LogP contribution in [0.5, 0.6) is 5.75 Å². The van der Waals surface area contributed by atoms with Crippen molar-refractivity contribution in [2.24, 2.45) is 0 Å². The van der Waals surface area contributed by atoms with Gasteiger partial charge >= 0.3 is 0 Å². The molecule has 0 fully saturated rings. The molecule has 1 heteroatoms. The molecule has 0 aromatic heterocycles. The number of hydrogen-bond donors (Lipinski definition) is 0. The minimum atomic E-state index is 0.849. The van der Waals surface area contributed by atoms with E-state index in [-0.39, 0.29) is 0 Å². The third-order valence-electron chi connectivity index (χ3n) is 1.59. The predicted octanol–water partition coefficient (Wildman–Crippen LogP) is 1.98. The summed E-state index contributed by atoms with van der Waals surface area (Å²) in [5, 5.41) is 0. The lowest BCUT2D eigenvalue weighted by molar-refractivity contribution is 0.414. The lowest BCUT2D eigenvalue weighted by Gasteiger charge is -2.01. The van der Waals surface area contributed by atoms with Gasteiger partial charge in [0.2, 0.25) is 0 Å². The molecule has 0 saturated carbocycles. The average molecular weight is 146 g/mol. The van der Waals surface area contributed by atoms with Gasteiger partial charge in [0.15, 0.2) is 0 Å². The quantitative estimate of drug-likeness (QED) is 0.550.